The molecule has 0 fully saturated rings. The fourth-order valence-electron chi connectivity index (χ4n) is 0.811. The third-order valence-electron chi connectivity index (χ3n) is 1.36. The SMILES string of the molecule is O=C(O)C1=C(O)CC=CC=C1. The van der Waals surface area contributed by atoms with E-state index in [0.717, 1.165) is 0 Å². The minimum Gasteiger partial charge on any atom is -0.511 e. The summed E-state index contributed by atoms with van der Waals surface area (Å²) in [6, 6.07) is 0. The minimum atomic E-state index is -1.09. The van der Waals surface area contributed by atoms with E-state index in [2.05, 4.69) is 0 Å². The smallest absolute Gasteiger partial charge is 0.339 e. The number of hydrogen-bond donors (Lipinski definition) is 2. The average Bonchev–Trinajstić information content (AvgIpc) is 2.13. The fraction of sp³-hybridized carbons (Fsp3) is 0.125. The molecule has 0 aromatic heterocycles. The zero-order valence-electron chi connectivity index (χ0n) is 5.82. The number of aliphatic hydroxyl groups excluding tert-OH is 1. The Labute approximate surface area is 64.0 Å². The molecule has 1 aliphatic rings. The van der Waals surface area contributed by atoms with Gasteiger partial charge in [0.1, 0.15) is 5.76 Å². The highest BCUT2D eigenvalue weighted by Gasteiger charge is 2.09. The second kappa shape index (κ2) is 3.05. The first-order valence-electron chi connectivity index (χ1n) is 3.20. The van der Waals surface area contributed by atoms with Gasteiger partial charge in [0.15, 0.2) is 0 Å². The van der Waals surface area contributed by atoms with Crippen molar-refractivity contribution >= 4 is 5.97 Å². The molecule has 3 heteroatoms. The van der Waals surface area contributed by atoms with Gasteiger partial charge in [0.25, 0.3) is 0 Å². The first-order valence-corrected chi connectivity index (χ1v) is 3.20. The van der Waals surface area contributed by atoms with E-state index in [1.54, 1.807) is 18.2 Å². The molecule has 0 bridgehead atoms. The van der Waals surface area contributed by atoms with Gasteiger partial charge < -0.3 is 10.2 Å². The van der Waals surface area contributed by atoms with E-state index in [1.165, 1.54) is 6.08 Å². The summed E-state index contributed by atoms with van der Waals surface area (Å²) in [6.45, 7) is 0. The molecule has 2 N–H and O–H groups in total. The van der Waals surface area contributed by atoms with Crippen LogP contribution < -0.4 is 0 Å². The van der Waals surface area contributed by atoms with E-state index in [9.17, 15) is 4.79 Å². The number of rotatable bonds is 1. The molecule has 0 unspecified atom stereocenters. The van der Waals surface area contributed by atoms with Gasteiger partial charge in [-0.15, -0.1) is 0 Å². The molecule has 0 aromatic rings. The van der Waals surface area contributed by atoms with Gasteiger partial charge in [-0.2, -0.15) is 0 Å². The maximum absolute atomic E-state index is 10.4. The van der Waals surface area contributed by atoms with Crippen LogP contribution in [0, 0.1) is 0 Å². The molecule has 1 rings (SSSR count). The molecule has 11 heavy (non-hydrogen) atoms. The van der Waals surface area contributed by atoms with E-state index in [4.69, 9.17) is 10.2 Å². The molecule has 0 aromatic carbocycles. The van der Waals surface area contributed by atoms with Crippen LogP contribution in [0.25, 0.3) is 0 Å². The summed E-state index contributed by atoms with van der Waals surface area (Å²) in [7, 11) is 0. The molecule has 0 heterocycles. The first kappa shape index (κ1) is 7.60. The molecule has 3 nitrogen and oxygen atoms in total. The molecule has 0 atom stereocenters. The van der Waals surface area contributed by atoms with Crippen molar-refractivity contribution in [3.63, 3.8) is 0 Å². The van der Waals surface area contributed by atoms with Crippen molar-refractivity contribution in [2.24, 2.45) is 0 Å². The monoisotopic (exact) mass is 152 g/mol. The van der Waals surface area contributed by atoms with E-state index in [-0.39, 0.29) is 17.8 Å². The van der Waals surface area contributed by atoms with Gasteiger partial charge in [0.05, 0.1) is 5.57 Å². The summed E-state index contributed by atoms with van der Waals surface area (Å²) >= 11 is 0. The van der Waals surface area contributed by atoms with Crippen LogP contribution in [-0.2, 0) is 4.79 Å². The van der Waals surface area contributed by atoms with Crippen LogP contribution in [0.1, 0.15) is 6.42 Å². The Bertz CT molecular complexity index is 259. The van der Waals surface area contributed by atoms with Crippen molar-refractivity contribution in [3.05, 3.63) is 35.6 Å². The highest BCUT2D eigenvalue weighted by Crippen LogP contribution is 2.11. The predicted molar refractivity (Wildman–Crippen MR) is 40.2 cm³/mol. The molecule has 0 amide bonds. The normalized spacial score (nSPS) is 16.7. The number of carbonyl (C=O) groups is 1. The lowest BCUT2D eigenvalue weighted by Crippen LogP contribution is -2.01. The lowest BCUT2D eigenvalue weighted by molar-refractivity contribution is -0.132. The molecular weight excluding hydrogens is 144 g/mol. The van der Waals surface area contributed by atoms with Crippen LogP contribution in [0.4, 0.5) is 0 Å². The van der Waals surface area contributed by atoms with Crippen molar-refractivity contribution in [2.45, 2.75) is 6.42 Å². The van der Waals surface area contributed by atoms with Gasteiger partial charge in [-0.25, -0.2) is 4.79 Å². The highest BCUT2D eigenvalue weighted by atomic mass is 16.4. The summed E-state index contributed by atoms with van der Waals surface area (Å²) in [6.07, 6.45) is 6.65. The average molecular weight is 152 g/mol. The Hall–Kier alpha value is -1.51. The van der Waals surface area contributed by atoms with Crippen LogP contribution >= 0.6 is 0 Å². The van der Waals surface area contributed by atoms with Crippen LogP contribution in [0.15, 0.2) is 35.6 Å². The van der Waals surface area contributed by atoms with Crippen LogP contribution in [0.5, 0.6) is 0 Å². The lowest BCUT2D eigenvalue weighted by atomic mass is 10.2. The molecule has 0 aliphatic heterocycles. The number of carboxylic acid groups (broad SMARTS) is 1. The van der Waals surface area contributed by atoms with Gasteiger partial charge in [-0.3, -0.25) is 0 Å². The van der Waals surface area contributed by atoms with Crippen LogP contribution in [0.3, 0.4) is 0 Å². The van der Waals surface area contributed by atoms with Crippen molar-refractivity contribution in [1.29, 1.82) is 0 Å². The molecule has 1 aliphatic carbocycles. The number of aliphatic carboxylic acids is 1. The Morgan fingerprint density at radius 3 is 2.82 bits per heavy atom. The molecule has 0 spiro atoms. The van der Waals surface area contributed by atoms with Crippen LogP contribution in [0.2, 0.25) is 0 Å². The summed E-state index contributed by atoms with van der Waals surface area (Å²) < 4.78 is 0. The van der Waals surface area contributed by atoms with Gasteiger partial charge in [-0.05, 0) is 6.08 Å². The summed E-state index contributed by atoms with van der Waals surface area (Å²) in [5.74, 6) is -1.19. The quantitative estimate of drug-likeness (QED) is 0.597. The Morgan fingerprint density at radius 2 is 2.18 bits per heavy atom. The minimum absolute atomic E-state index is 0.0324. The Morgan fingerprint density at radius 1 is 1.45 bits per heavy atom. The van der Waals surface area contributed by atoms with Crippen molar-refractivity contribution < 1.29 is 15.0 Å². The molecule has 0 saturated carbocycles. The lowest BCUT2D eigenvalue weighted by Gasteiger charge is -1.96. The molecule has 58 valence electrons. The second-order valence-corrected chi connectivity index (χ2v) is 2.16. The fourth-order valence-corrected chi connectivity index (χ4v) is 0.811. The van der Waals surface area contributed by atoms with Gasteiger partial charge in [0, 0.05) is 6.42 Å². The Kier molecular flexibility index (Phi) is 2.11. The predicted octanol–water partition coefficient (Wildman–Crippen LogP) is 1.40. The van der Waals surface area contributed by atoms with Crippen molar-refractivity contribution in [1.82, 2.24) is 0 Å². The van der Waals surface area contributed by atoms with E-state index in [0.29, 0.717) is 0 Å². The first-order chi connectivity index (χ1) is 5.22. The van der Waals surface area contributed by atoms with Crippen molar-refractivity contribution in [2.75, 3.05) is 0 Å². The van der Waals surface area contributed by atoms with Crippen LogP contribution in [-0.4, -0.2) is 16.2 Å². The summed E-state index contributed by atoms with van der Waals surface area (Å²) in [5.41, 5.74) is -0.0324. The maximum atomic E-state index is 10.4. The summed E-state index contributed by atoms with van der Waals surface area (Å²) in [5, 5.41) is 17.7. The number of allylic oxidation sites excluding steroid dienone is 3. The van der Waals surface area contributed by atoms with E-state index >= 15 is 0 Å². The van der Waals surface area contributed by atoms with Crippen molar-refractivity contribution in [3.8, 4) is 0 Å². The number of hydrogen-bond acceptors (Lipinski definition) is 2. The largest absolute Gasteiger partial charge is 0.511 e. The Balaban J connectivity index is 2.98. The maximum Gasteiger partial charge on any atom is 0.339 e. The number of aliphatic hydroxyl groups is 1. The molecule has 0 radical (unpaired) electrons. The van der Waals surface area contributed by atoms with E-state index in [1.807, 2.05) is 0 Å². The van der Waals surface area contributed by atoms with Gasteiger partial charge >= 0.3 is 5.97 Å². The van der Waals surface area contributed by atoms with Gasteiger partial charge in [-0.1, -0.05) is 18.2 Å². The van der Waals surface area contributed by atoms with E-state index < -0.39 is 5.97 Å². The summed E-state index contributed by atoms with van der Waals surface area (Å²) in [4.78, 5) is 10.4. The molecule has 0 saturated heterocycles. The highest BCUT2D eigenvalue weighted by molar-refractivity contribution is 5.90. The van der Waals surface area contributed by atoms with Gasteiger partial charge in [0.2, 0.25) is 0 Å². The second-order valence-electron chi connectivity index (χ2n) is 2.16. The number of carboxylic acids is 1. The third kappa shape index (κ3) is 1.70. The zero-order valence-corrected chi connectivity index (χ0v) is 5.82. The third-order valence-corrected chi connectivity index (χ3v) is 1.36. The zero-order chi connectivity index (χ0) is 8.27. The molecular formula is C8H8O3. The standard InChI is InChI=1S/C8H8O3/c9-7-5-3-1-2-4-6(7)8(10)11/h1-4,9H,5H2,(H,10,11). The topological polar surface area (TPSA) is 57.5 Å².